The van der Waals surface area contributed by atoms with E-state index in [1.807, 2.05) is 0 Å². The number of fused-ring (bicyclic) bond motifs is 1. The third-order valence-electron chi connectivity index (χ3n) is 3.84. The Labute approximate surface area is 149 Å². The monoisotopic (exact) mass is 355 g/mol. The van der Waals surface area contributed by atoms with Crippen LogP contribution in [0.1, 0.15) is 24.2 Å². The molecule has 0 radical (unpaired) electrons. The van der Waals surface area contributed by atoms with Gasteiger partial charge in [-0.05, 0) is 38.1 Å². The summed E-state index contributed by atoms with van der Waals surface area (Å²) in [6.07, 6.45) is 3.04. The Bertz CT molecular complexity index is 868. The Kier molecular flexibility index (Phi) is 4.57. The van der Waals surface area contributed by atoms with E-state index in [1.54, 1.807) is 31.2 Å². The Balaban J connectivity index is 1.83. The first-order valence-electron chi connectivity index (χ1n) is 7.97. The summed E-state index contributed by atoms with van der Waals surface area (Å²) in [6.45, 7) is 3.11. The molecule has 3 rings (SSSR count). The van der Waals surface area contributed by atoms with Crippen molar-refractivity contribution in [2.75, 3.05) is 17.2 Å². The van der Waals surface area contributed by atoms with E-state index in [1.165, 1.54) is 25.4 Å². The van der Waals surface area contributed by atoms with Crippen molar-refractivity contribution < 1.29 is 23.9 Å². The van der Waals surface area contributed by atoms with Gasteiger partial charge in [0.2, 0.25) is 0 Å². The number of nitrogens with one attached hydrogen (secondary N) is 2. The minimum atomic E-state index is -1.79. The predicted molar refractivity (Wildman–Crippen MR) is 92.9 cm³/mol. The van der Waals surface area contributed by atoms with Gasteiger partial charge in [-0.3, -0.25) is 14.6 Å². The molecule has 0 aliphatic carbocycles. The molecule has 26 heavy (non-hydrogen) atoms. The fourth-order valence-corrected chi connectivity index (χ4v) is 2.41. The lowest BCUT2D eigenvalue weighted by atomic mass is 10.0. The van der Waals surface area contributed by atoms with Crippen LogP contribution < -0.4 is 15.4 Å². The van der Waals surface area contributed by atoms with Crippen LogP contribution in [0.4, 0.5) is 11.4 Å². The van der Waals surface area contributed by atoms with Gasteiger partial charge in [-0.15, -0.1) is 0 Å². The summed E-state index contributed by atoms with van der Waals surface area (Å²) < 4.78 is 10.5. The lowest BCUT2D eigenvalue weighted by molar-refractivity contribution is -0.165. The van der Waals surface area contributed by atoms with Crippen molar-refractivity contribution in [1.82, 2.24) is 4.98 Å². The molecule has 2 N–H and O–H groups in total. The number of carbonyl (C=O) groups is 3. The molecule has 1 aromatic heterocycles. The van der Waals surface area contributed by atoms with E-state index in [0.717, 1.165) is 0 Å². The summed E-state index contributed by atoms with van der Waals surface area (Å²) in [4.78, 5) is 40.4. The van der Waals surface area contributed by atoms with E-state index < -0.39 is 17.5 Å². The number of pyridine rings is 1. The fraction of sp³-hybridized carbons (Fsp3) is 0.222. The molecule has 0 fully saturated rings. The lowest BCUT2D eigenvalue weighted by Gasteiger charge is -2.32. The van der Waals surface area contributed by atoms with Crippen molar-refractivity contribution in [3.05, 3.63) is 48.3 Å². The number of hydrogen-bond donors (Lipinski definition) is 2. The quantitative estimate of drug-likeness (QED) is 0.642. The number of carbonyl (C=O) groups excluding carboxylic acids is 3. The molecule has 1 aromatic carbocycles. The largest absolute Gasteiger partial charge is 0.464 e. The summed E-state index contributed by atoms with van der Waals surface area (Å²) in [5.41, 5.74) is -0.494. The first-order valence-corrected chi connectivity index (χ1v) is 7.97. The van der Waals surface area contributed by atoms with Gasteiger partial charge in [0.25, 0.3) is 17.4 Å². The second kappa shape index (κ2) is 6.83. The minimum Gasteiger partial charge on any atom is -0.464 e. The standard InChI is InChI=1S/C18H17N3O5/c1-3-25-17(24)18(2)16(23)21-13-5-4-12(10-14(13)26-18)20-15(22)11-6-8-19-9-7-11/h4-10H,3H2,1-2H3,(H,20,22)(H,21,23). The van der Waals surface area contributed by atoms with E-state index in [4.69, 9.17) is 9.47 Å². The number of rotatable bonds is 4. The molecule has 134 valence electrons. The van der Waals surface area contributed by atoms with Gasteiger partial charge in [-0.2, -0.15) is 0 Å². The molecule has 0 bridgehead atoms. The predicted octanol–water partition coefficient (Wildman–Crippen LogP) is 1.99. The molecule has 1 atom stereocenters. The molecule has 8 nitrogen and oxygen atoms in total. The van der Waals surface area contributed by atoms with Crippen LogP contribution in [0.15, 0.2) is 42.7 Å². The van der Waals surface area contributed by atoms with E-state index in [-0.39, 0.29) is 18.3 Å². The molecule has 1 aliphatic rings. The first kappa shape index (κ1) is 17.4. The zero-order chi connectivity index (χ0) is 18.7. The highest BCUT2D eigenvalue weighted by atomic mass is 16.6. The molecule has 2 aromatic rings. The van der Waals surface area contributed by atoms with Gasteiger partial charge in [-0.1, -0.05) is 0 Å². The maximum absolute atomic E-state index is 12.2. The Morgan fingerprint density at radius 3 is 2.69 bits per heavy atom. The number of nitrogens with zero attached hydrogens (tertiary/aromatic N) is 1. The highest BCUT2D eigenvalue weighted by Crippen LogP contribution is 2.36. The van der Waals surface area contributed by atoms with Gasteiger partial charge in [0.05, 0.1) is 12.3 Å². The Hall–Kier alpha value is -3.42. The summed E-state index contributed by atoms with van der Waals surface area (Å²) >= 11 is 0. The maximum Gasteiger partial charge on any atom is 0.360 e. The van der Waals surface area contributed by atoms with Crippen molar-refractivity contribution in [2.45, 2.75) is 19.4 Å². The SMILES string of the molecule is CCOC(=O)C1(C)Oc2cc(NC(=O)c3ccncc3)ccc2NC1=O. The van der Waals surface area contributed by atoms with Crippen LogP contribution in [-0.2, 0) is 14.3 Å². The molecule has 0 saturated heterocycles. The molecular formula is C18H17N3O5. The van der Waals surface area contributed by atoms with E-state index in [2.05, 4.69) is 15.6 Å². The number of hydrogen-bond acceptors (Lipinski definition) is 6. The van der Waals surface area contributed by atoms with Crippen molar-refractivity contribution >= 4 is 29.2 Å². The first-order chi connectivity index (χ1) is 12.4. The number of anilines is 2. The van der Waals surface area contributed by atoms with Crippen LogP contribution in [0.25, 0.3) is 0 Å². The molecule has 1 aliphatic heterocycles. The highest BCUT2D eigenvalue weighted by molar-refractivity contribution is 6.14. The van der Waals surface area contributed by atoms with Crippen LogP contribution in [-0.4, -0.2) is 35.0 Å². The minimum absolute atomic E-state index is 0.125. The average Bonchev–Trinajstić information content (AvgIpc) is 2.64. The number of benzene rings is 1. The zero-order valence-electron chi connectivity index (χ0n) is 14.2. The zero-order valence-corrected chi connectivity index (χ0v) is 14.2. The highest BCUT2D eigenvalue weighted by Gasteiger charge is 2.48. The summed E-state index contributed by atoms with van der Waals surface area (Å²) in [5, 5.41) is 5.34. The average molecular weight is 355 g/mol. The van der Waals surface area contributed by atoms with E-state index >= 15 is 0 Å². The number of ether oxygens (including phenoxy) is 2. The Morgan fingerprint density at radius 2 is 2.00 bits per heavy atom. The summed E-state index contributed by atoms with van der Waals surface area (Å²) in [6, 6.07) is 7.91. The smallest absolute Gasteiger partial charge is 0.360 e. The van der Waals surface area contributed by atoms with Crippen molar-refractivity contribution in [3.63, 3.8) is 0 Å². The Morgan fingerprint density at radius 1 is 1.27 bits per heavy atom. The third-order valence-corrected chi connectivity index (χ3v) is 3.84. The van der Waals surface area contributed by atoms with E-state index in [0.29, 0.717) is 16.9 Å². The van der Waals surface area contributed by atoms with Gasteiger partial charge >= 0.3 is 5.97 Å². The lowest BCUT2D eigenvalue weighted by Crippen LogP contribution is -2.55. The van der Waals surface area contributed by atoms with Gasteiger partial charge in [0, 0.05) is 29.7 Å². The molecule has 2 heterocycles. The number of esters is 1. The van der Waals surface area contributed by atoms with Gasteiger partial charge in [0.1, 0.15) is 5.75 Å². The normalized spacial score (nSPS) is 18.2. The van der Waals surface area contributed by atoms with Crippen LogP contribution in [0.2, 0.25) is 0 Å². The van der Waals surface area contributed by atoms with Crippen molar-refractivity contribution in [2.24, 2.45) is 0 Å². The molecule has 2 amide bonds. The molecule has 0 spiro atoms. The third kappa shape index (κ3) is 3.21. The second-order valence-electron chi connectivity index (χ2n) is 5.71. The summed E-state index contributed by atoms with van der Waals surface area (Å²) in [7, 11) is 0. The van der Waals surface area contributed by atoms with Crippen LogP contribution in [0, 0.1) is 0 Å². The van der Waals surface area contributed by atoms with Crippen LogP contribution in [0.5, 0.6) is 5.75 Å². The van der Waals surface area contributed by atoms with Gasteiger partial charge in [0.15, 0.2) is 0 Å². The van der Waals surface area contributed by atoms with Crippen molar-refractivity contribution in [3.8, 4) is 5.75 Å². The second-order valence-corrected chi connectivity index (χ2v) is 5.71. The van der Waals surface area contributed by atoms with Gasteiger partial charge < -0.3 is 20.1 Å². The molecular weight excluding hydrogens is 338 g/mol. The molecule has 8 heteroatoms. The van der Waals surface area contributed by atoms with Crippen molar-refractivity contribution in [1.29, 1.82) is 0 Å². The number of amides is 2. The van der Waals surface area contributed by atoms with Gasteiger partial charge in [-0.25, -0.2) is 4.79 Å². The maximum atomic E-state index is 12.2. The van der Waals surface area contributed by atoms with E-state index in [9.17, 15) is 14.4 Å². The molecule has 1 unspecified atom stereocenters. The number of aromatic nitrogens is 1. The fourth-order valence-electron chi connectivity index (χ4n) is 2.41. The van der Waals surface area contributed by atoms with Crippen LogP contribution in [0.3, 0.4) is 0 Å². The topological polar surface area (TPSA) is 107 Å². The molecule has 0 saturated carbocycles. The summed E-state index contributed by atoms with van der Waals surface area (Å²) in [5.74, 6) is -1.46. The van der Waals surface area contributed by atoms with Crippen LogP contribution >= 0.6 is 0 Å².